The Bertz CT molecular complexity index is 589. The fourth-order valence-electron chi connectivity index (χ4n) is 1.75. The first-order valence-corrected chi connectivity index (χ1v) is 7.34. The summed E-state index contributed by atoms with van der Waals surface area (Å²) >= 11 is 0. The number of anilines is 1. The van der Waals surface area contributed by atoms with Crippen molar-refractivity contribution in [3.8, 4) is 0 Å². The Labute approximate surface area is 136 Å². The topological polar surface area (TPSA) is 90.6 Å². The number of methoxy groups -OCH3 is 1. The molecular weight excluding hydrogens is 296 g/mol. The van der Waals surface area contributed by atoms with Crippen LogP contribution in [0.25, 0.3) is 6.08 Å². The van der Waals surface area contributed by atoms with Gasteiger partial charge in [0, 0.05) is 12.2 Å². The normalized spacial score (nSPS) is 11.3. The quantitative estimate of drug-likeness (QED) is 0.494. The number of rotatable bonds is 5. The molecule has 1 aromatic rings. The SMILES string of the molecule is COC(=O)c1ccc(N)c(C=CCCNC(=O)OC(C)(C)C)c1. The number of carbonyl (C=O) groups is 2. The van der Waals surface area contributed by atoms with Crippen molar-refractivity contribution in [3.63, 3.8) is 0 Å². The second-order valence-electron chi connectivity index (χ2n) is 5.95. The highest BCUT2D eigenvalue weighted by Gasteiger charge is 2.15. The zero-order chi connectivity index (χ0) is 17.5. The van der Waals surface area contributed by atoms with Gasteiger partial charge < -0.3 is 20.5 Å². The van der Waals surface area contributed by atoms with Gasteiger partial charge in [0.15, 0.2) is 0 Å². The monoisotopic (exact) mass is 320 g/mol. The van der Waals surface area contributed by atoms with Gasteiger partial charge in [0.1, 0.15) is 5.60 Å². The molecule has 6 heteroatoms. The van der Waals surface area contributed by atoms with Crippen LogP contribution >= 0.6 is 0 Å². The van der Waals surface area contributed by atoms with E-state index < -0.39 is 17.7 Å². The summed E-state index contributed by atoms with van der Waals surface area (Å²) < 4.78 is 9.81. The first-order chi connectivity index (χ1) is 10.7. The summed E-state index contributed by atoms with van der Waals surface area (Å²) in [5, 5.41) is 2.66. The third-order valence-electron chi connectivity index (χ3n) is 2.78. The summed E-state index contributed by atoms with van der Waals surface area (Å²) in [4.78, 5) is 23.0. The lowest BCUT2D eigenvalue weighted by atomic mass is 10.1. The van der Waals surface area contributed by atoms with E-state index in [0.717, 1.165) is 5.56 Å². The van der Waals surface area contributed by atoms with E-state index in [-0.39, 0.29) is 0 Å². The molecule has 23 heavy (non-hydrogen) atoms. The molecule has 0 saturated heterocycles. The molecule has 0 heterocycles. The number of carbonyl (C=O) groups excluding carboxylic acids is 2. The van der Waals surface area contributed by atoms with Crippen molar-refractivity contribution in [1.29, 1.82) is 0 Å². The maximum absolute atomic E-state index is 11.5. The van der Waals surface area contributed by atoms with Gasteiger partial charge in [-0.05, 0) is 51.0 Å². The minimum absolute atomic E-state index is 0.411. The minimum atomic E-state index is -0.511. The average Bonchev–Trinajstić information content (AvgIpc) is 2.46. The molecule has 6 nitrogen and oxygen atoms in total. The highest BCUT2D eigenvalue weighted by molar-refractivity contribution is 5.91. The molecule has 126 valence electrons. The Hall–Kier alpha value is -2.50. The highest BCUT2D eigenvalue weighted by atomic mass is 16.6. The van der Waals surface area contributed by atoms with Crippen molar-refractivity contribution >= 4 is 23.8 Å². The predicted molar refractivity (Wildman–Crippen MR) is 90.1 cm³/mol. The molecule has 0 aromatic heterocycles. The Morgan fingerprint density at radius 3 is 2.61 bits per heavy atom. The standard InChI is InChI=1S/C17H24N2O4/c1-17(2,3)23-16(21)19-10-6-5-7-12-11-13(15(20)22-4)8-9-14(12)18/h5,7-9,11H,6,10,18H2,1-4H3,(H,19,21). The number of nitrogens with two attached hydrogens (primary N) is 1. The van der Waals surface area contributed by atoms with Crippen LogP contribution in [0, 0.1) is 0 Å². The lowest BCUT2D eigenvalue weighted by molar-refractivity contribution is 0.0527. The third-order valence-corrected chi connectivity index (χ3v) is 2.78. The van der Waals surface area contributed by atoms with E-state index in [0.29, 0.717) is 24.2 Å². The summed E-state index contributed by atoms with van der Waals surface area (Å²) in [5.74, 6) is -0.411. The van der Waals surface area contributed by atoms with Crippen LogP contribution in [0.1, 0.15) is 43.1 Å². The van der Waals surface area contributed by atoms with Crippen molar-refractivity contribution in [2.75, 3.05) is 19.4 Å². The smallest absolute Gasteiger partial charge is 0.407 e. The Balaban J connectivity index is 2.52. The van der Waals surface area contributed by atoms with E-state index in [1.807, 2.05) is 26.8 Å². The molecule has 0 saturated carbocycles. The average molecular weight is 320 g/mol. The Morgan fingerprint density at radius 2 is 2.00 bits per heavy atom. The van der Waals surface area contributed by atoms with Gasteiger partial charge in [-0.15, -0.1) is 0 Å². The van der Waals surface area contributed by atoms with Gasteiger partial charge >= 0.3 is 12.1 Å². The summed E-state index contributed by atoms with van der Waals surface area (Å²) in [6.45, 7) is 5.87. The maximum atomic E-state index is 11.5. The van der Waals surface area contributed by atoms with E-state index in [2.05, 4.69) is 10.1 Å². The van der Waals surface area contributed by atoms with Gasteiger partial charge in [0.25, 0.3) is 0 Å². The molecule has 0 fully saturated rings. The number of nitrogens with one attached hydrogen (secondary N) is 1. The van der Waals surface area contributed by atoms with Gasteiger partial charge in [0.2, 0.25) is 0 Å². The lowest BCUT2D eigenvalue weighted by Crippen LogP contribution is -2.32. The Morgan fingerprint density at radius 1 is 1.30 bits per heavy atom. The van der Waals surface area contributed by atoms with Crippen molar-refractivity contribution < 1.29 is 19.1 Å². The molecule has 1 aromatic carbocycles. The molecule has 0 aliphatic rings. The number of benzene rings is 1. The van der Waals surface area contributed by atoms with Crippen molar-refractivity contribution in [2.45, 2.75) is 32.8 Å². The number of hydrogen-bond donors (Lipinski definition) is 2. The number of amides is 1. The van der Waals surface area contributed by atoms with E-state index >= 15 is 0 Å². The van der Waals surface area contributed by atoms with Gasteiger partial charge in [-0.1, -0.05) is 12.2 Å². The molecule has 0 aliphatic heterocycles. The van der Waals surface area contributed by atoms with Crippen LogP contribution < -0.4 is 11.1 Å². The van der Waals surface area contributed by atoms with Crippen molar-refractivity contribution in [1.82, 2.24) is 5.32 Å². The van der Waals surface area contributed by atoms with E-state index in [1.54, 1.807) is 24.3 Å². The van der Waals surface area contributed by atoms with Crippen LogP contribution in [-0.4, -0.2) is 31.3 Å². The number of hydrogen-bond acceptors (Lipinski definition) is 5. The number of alkyl carbamates (subject to hydrolysis) is 1. The summed E-state index contributed by atoms with van der Waals surface area (Å²) in [5.41, 5.74) is 7.09. The number of nitrogen functional groups attached to an aromatic ring is 1. The number of esters is 1. The fraction of sp³-hybridized carbons (Fsp3) is 0.412. The first-order valence-electron chi connectivity index (χ1n) is 7.34. The van der Waals surface area contributed by atoms with Crippen molar-refractivity contribution in [3.05, 3.63) is 35.4 Å². The lowest BCUT2D eigenvalue weighted by Gasteiger charge is -2.19. The zero-order valence-corrected chi connectivity index (χ0v) is 14.0. The summed E-state index contributed by atoms with van der Waals surface area (Å²) in [6.07, 6.45) is 3.84. The molecule has 0 spiro atoms. The maximum Gasteiger partial charge on any atom is 0.407 e. The van der Waals surface area contributed by atoms with E-state index in [4.69, 9.17) is 10.5 Å². The van der Waals surface area contributed by atoms with Gasteiger partial charge in [-0.25, -0.2) is 9.59 Å². The summed E-state index contributed by atoms with van der Waals surface area (Å²) in [7, 11) is 1.33. The van der Waals surface area contributed by atoms with E-state index in [9.17, 15) is 9.59 Å². The zero-order valence-electron chi connectivity index (χ0n) is 14.0. The molecule has 0 aliphatic carbocycles. The second-order valence-corrected chi connectivity index (χ2v) is 5.95. The van der Waals surface area contributed by atoms with Gasteiger partial charge in [0.05, 0.1) is 12.7 Å². The Kier molecular flexibility index (Phi) is 6.63. The molecule has 0 unspecified atom stereocenters. The largest absolute Gasteiger partial charge is 0.465 e. The predicted octanol–water partition coefficient (Wildman–Crippen LogP) is 2.98. The minimum Gasteiger partial charge on any atom is -0.465 e. The van der Waals surface area contributed by atoms with Gasteiger partial charge in [-0.2, -0.15) is 0 Å². The highest BCUT2D eigenvalue weighted by Crippen LogP contribution is 2.16. The second kappa shape index (κ2) is 8.22. The molecule has 1 amide bonds. The van der Waals surface area contributed by atoms with Crippen LogP contribution in [0.3, 0.4) is 0 Å². The number of ether oxygens (including phenoxy) is 2. The van der Waals surface area contributed by atoms with Crippen LogP contribution in [0.15, 0.2) is 24.3 Å². The van der Waals surface area contributed by atoms with Crippen LogP contribution in [0.2, 0.25) is 0 Å². The molecule has 0 bridgehead atoms. The molecule has 0 radical (unpaired) electrons. The molecule has 3 N–H and O–H groups in total. The molecule has 1 rings (SSSR count). The van der Waals surface area contributed by atoms with Crippen LogP contribution in [0.5, 0.6) is 0 Å². The van der Waals surface area contributed by atoms with E-state index in [1.165, 1.54) is 7.11 Å². The molecule has 0 atom stereocenters. The van der Waals surface area contributed by atoms with Gasteiger partial charge in [-0.3, -0.25) is 0 Å². The van der Waals surface area contributed by atoms with Crippen LogP contribution in [0.4, 0.5) is 10.5 Å². The third kappa shape index (κ3) is 6.86. The fourth-order valence-corrected chi connectivity index (χ4v) is 1.75. The first kappa shape index (κ1) is 18.5. The molecular formula is C17H24N2O4. The van der Waals surface area contributed by atoms with Crippen molar-refractivity contribution in [2.24, 2.45) is 0 Å². The summed E-state index contributed by atoms with van der Waals surface area (Å²) in [6, 6.07) is 4.94. The van der Waals surface area contributed by atoms with Crippen LogP contribution in [-0.2, 0) is 9.47 Å².